The summed E-state index contributed by atoms with van der Waals surface area (Å²) in [5, 5.41) is 3.30. The predicted molar refractivity (Wildman–Crippen MR) is 68.9 cm³/mol. The first-order chi connectivity index (χ1) is 7.77. The summed E-state index contributed by atoms with van der Waals surface area (Å²) in [6.45, 7) is 11.9. The number of rotatable bonds is 12. The summed E-state index contributed by atoms with van der Waals surface area (Å²) in [4.78, 5) is 0. The molecule has 0 atom stereocenters. The van der Waals surface area contributed by atoms with Crippen molar-refractivity contribution in [3.05, 3.63) is 0 Å². The SMILES string of the molecule is CCCCOCCNCCOCCC(C)C. The van der Waals surface area contributed by atoms with Crippen molar-refractivity contribution in [1.29, 1.82) is 0 Å². The first-order valence-corrected chi connectivity index (χ1v) is 6.63. The van der Waals surface area contributed by atoms with Crippen LogP contribution in [0.2, 0.25) is 0 Å². The Labute approximate surface area is 101 Å². The van der Waals surface area contributed by atoms with Crippen molar-refractivity contribution in [2.45, 2.75) is 40.0 Å². The van der Waals surface area contributed by atoms with E-state index in [9.17, 15) is 0 Å². The highest BCUT2D eigenvalue weighted by atomic mass is 16.5. The minimum Gasteiger partial charge on any atom is -0.380 e. The van der Waals surface area contributed by atoms with Crippen LogP contribution in [-0.4, -0.2) is 39.5 Å². The van der Waals surface area contributed by atoms with Crippen LogP contribution in [0.4, 0.5) is 0 Å². The van der Waals surface area contributed by atoms with E-state index < -0.39 is 0 Å². The molecule has 0 fully saturated rings. The van der Waals surface area contributed by atoms with E-state index in [4.69, 9.17) is 9.47 Å². The summed E-state index contributed by atoms with van der Waals surface area (Å²) >= 11 is 0. The lowest BCUT2D eigenvalue weighted by molar-refractivity contribution is 0.114. The highest BCUT2D eigenvalue weighted by Gasteiger charge is 1.93. The highest BCUT2D eigenvalue weighted by Crippen LogP contribution is 1.98. The van der Waals surface area contributed by atoms with Crippen molar-refractivity contribution >= 4 is 0 Å². The maximum Gasteiger partial charge on any atom is 0.0590 e. The van der Waals surface area contributed by atoms with E-state index in [2.05, 4.69) is 26.1 Å². The van der Waals surface area contributed by atoms with Gasteiger partial charge in [-0.3, -0.25) is 0 Å². The van der Waals surface area contributed by atoms with Gasteiger partial charge in [0.2, 0.25) is 0 Å². The van der Waals surface area contributed by atoms with Crippen molar-refractivity contribution in [2.24, 2.45) is 5.92 Å². The number of hydrogen-bond donors (Lipinski definition) is 1. The molecule has 0 aromatic rings. The van der Waals surface area contributed by atoms with Crippen molar-refractivity contribution in [3.8, 4) is 0 Å². The molecule has 0 aromatic carbocycles. The molecule has 0 saturated heterocycles. The number of hydrogen-bond acceptors (Lipinski definition) is 3. The van der Waals surface area contributed by atoms with Crippen LogP contribution in [0.25, 0.3) is 0 Å². The van der Waals surface area contributed by atoms with Gasteiger partial charge in [-0.25, -0.2) is 0 Å². The summed E-state index contributed by atoms with van der Waals surface area (Å²) in [7, 11) is 0. The highest BCUT2D eigenvalue weighted by molar-refractivity contribution is 4.47. The zero-order chi connectivity index (χ0) is 12.1. The minimum absolute atomic E-state index is 0.736. The maximum absolute atomic E-state index is 5.49. The first kappa shape index (κ1) is 15.9. The molecule has 0 saturated carbocycles. The van der Waals surface area contributed by atoms with Gasteiger partial charge < -0.3 is 14.8 Å². The number of unbranched alkanes of at least 4 members (excludes halogenated alkanes) is 1. The smallest absolute Gasteiger partial charge is 0.0590 e. The molecule has 0 bridgehead atoms. The monoisotopic (exact) mass is 231 g/mol. The lowest BCUT2D eigenvalue weighted by Gasteiger charge is -2.08. The van der Waals surface area contributed by atoms with Crippen molar-refractivity contribution in [1.82, 2.24) is 5.32 Å². The van der Waals surface area contributed by atoms with Crippen molar-refractivity contribution in [3.63, 3.8) is 0 Å². The van der Waals surface area contributed by atoms with E-state index in [1.54, 1.807) is 0 Å². The Hall–Kier alpha value is -0.120. The van der Waals surface area contributed by atoms with Crippen LogP contribution >= 0.6 is 0 Å². The number of ether oxygens (including phenoxy) is 2. The average molecular weight is 231 g/mol. The van der Waals surface area contributed by atoms with Gasteiger partial charge in [0.15, 0.2) is 0 Å². The Bertz CT molecular complexity index is 129. The minimum atomic E-state index is 0.736. The van der Waals surface area contributed by atoms with Crippen LogP contribution in [0, 0.1) is 5.92 Å². The third-order valence-corrected chi connectivity index (χ3v) is 2.33. The Morgan fingerprint density at radius 1 is 0.938 bits per heavy atom. The van der Waals surface area contributed by atoms with E-state index in [-0.39, 0.29) is 0 Å². The molecule has 3 heteroatoms. The summed E-state index contributed by atoms with van der Waals surface area (Å²) in [5.41, 5.74) is 0. The quantitative estimate of drug-likeness (QED) is 0.523. The van der Waals surface area contributed by atoms with Gasteiger partial charge in [-0.15, -0.1) is 0 Å². The molecule has 0 aromatic heterocycles. The Morgan fingerprint density at radius 3 is 2.12 bits per heavy atom. The molecule has 0 rings (SSSR count). The zero-order valence-electron chi connectivity index (χ0n) is 11.3. The molecule has 98 valence electrons. The predicted octanol–water partition coefficient (Wildman–Crippen LogP) is 2.46. The number of nitrogens with one attached hydrogen (secondary N) is 1. The molecule has 0 heterocycles. The van der Waals surface area contributed by atoms with E-state index in [0.717, 1.165) is 58.3 Å². The molecule has 1 N–H and O–H groups in total. The molecule has 0 aliphatic heterocycles. The Morgan fingerprint density at radius 2 is 1.56 bits per heavy atom. The molecule has 3 nitrogen and oxygen atoms in total. The Kier molecular flexibility index (Phi) is 12.9. The van der Waals surface area contributed by atoms with Gasteiger partial charge in [0, 0.05) is 26.3 Å². The summed E-state index contributed by atoms with van der Waals surface area (Å²) < 4.78 is 10.9. The summed E-state index contributed by atoms with van der Waals surface area (Å²) in [6, 6.07) is 0. The summed E-state index contributed by atoms with van der Waals surface area (Å²) in [6.07, 6.45) is 3.52. The molecule has 16 heavy (non-hydrogen) atoms. The van der Waals surface area contributed by atoms with Gasteiger partial charge in [0.25, 0.3) is 0 Å². The molecular weight excluding hydrogens is 202 g/mol. The normalized spacial score (nSPS) is 11.2. The van der Waals surface area contributed by atoms with Gasteiger partial charge in [-0.1, -0.05) is 27.2 Å². The van der Waals surface area contributed by atoms with Gasteiger partial charge in [-0.2, -0.15) is 0 Å². The topological polar surface area (TPSA) is 30.5 Å². The molecule has 0 unspecified atom stereocenters. The molecule has 0 radical (unpaired) electrons. The van der Waals surface area contributed by atoms with E-state index >= 15 is 0 Å². The summed E-state index contributed by atoms with van der Waals surface area (Å²) in [5.74, 6) is 0.736. The molecule has 0 spiro atoms. The van der Waals surface area contributed by atoms with Crippen LogP contribution in [0.5, 0.6) is 0 Å². The Balaban J connectivity index is 2.88. The van der Waals surface area contributed by atoms with E-state index in [0.29, 0.717) is 0 Å². The molecule has 0 amide bonds. The van der Waals surface area contributed by atoms with Gasteiger partial charge in [0.1, 0.15) is 0 Å². The van der Waals surface area contributed by atoms with Crippen LogP contribution in [0.1, 0.15) is 40.0 Å². The third-order valence-electron chi connectivity index (χ3n) is 2.33. The molecule has 0 aliphatic rings. The van der Waals surface area contributed by atoms with Gasteiger partial charge >= 0.3 is 0 Å². The van der Waals surface area contributed by atoms with Crippen LogP contribution in [0.3, 0.4) is 0 Å². The fourth-order valence-corrected chi connectivity index (χ4v) is 1.18. The molecule has 0 aliphatic carbocycles. The van der Waals surface area contributed by atoms with Gasteiger partial charge in [-0.05, 0) is 18.8 Å². The fourth-order valence-electron chi connectivity index (χ4n) is 1.18. The van der Waals surface area contributed by atoms with Gasteiger partial charge in [0.05, 0.1) is 13.2 Å². The van der Waals surface area contributed by atoms with Crippen molar-refractivity contribution < 1.29 is 9.47 Å². The standard InChI is InChI=1S/C13H29NO2/c1-4-5-9-15-11-7-14-8-12-16-10-6-13(2)3/h13-14H,4-12H2,1-3H3. The average Bonchev–Trinajstić information content (AvgIpc) is 2.25. The van der Waals surface area contributed by atoms with E-state index in [1.165, 1.54) is 6.42 Å². The maximum atomic E-state index is 5.49. The fraction of sp³-hybridized carbons (Fsp3) is 1.00. The van der Waals surface area contributed by atoms with Crippen LogP contribution in [0.15, 0.2) is 0 Å². The zero-order valence-corrected chi connectivity index (χ0v) is 11.3. The second-order valence-electron chi connectivity index (χ2n) is 4.51. The second-order valence-corrected chi connectivity index (χ2v) is 4.51. The largest absolute Gasteiger partial charge is 0.380 e. The van der Waals surface area contributed by atoms with E-state index in [1.807, 2.05) is 0 Å². The lowest BCUT2D eigenvalue weighted by Crippen LogP contribution is -2.24. The van der Waals surface area contributed by atoms with Crippen LogP contribution < -0.4 is 5.32 Å². The molecular formula is C13H29NO2. The first-order valence-electron chi connectivity index (χ1n) is 6.63. The lowest BCUT2D eigenvalue weighted by atomic mass is 10.1. The third kappa shape index (κ3) is 13.9. The van der Waals surface area contributed by atoms with Crippen LogP contribution in [-0.2, 0) is 9.47 Å². The van der Waals surface area contributed by atoms with Crippen molar-refractivity contribution in [2.75, 3.05) is 39.5 Å². The second kappa shape index (κ2) is 12.9.